The van der Waals surface area contributed by atoms with Crippen molar-refractivity contribution in [2.75, 3.05) is 19.8 Å². The molecule has 0 aromatic rings. The third-order valence-corrected chi connectivity index (χ3v) is 3.24. The summed E-state index contributed by atoms with van der Waals surface area (Å²) in [6, 6.07) is 0. The van der Waals surface area contributed by atoms with Crippen LogP contribution in [-0.4, -0.2) is 19.8 Å². The van der Waals surface area contributed by atoms with E-state index in [1.54, 1.807) is 0 Å². The van der Waals surface area contributed by atoms with Gasteiger partial charge >= 0.3 is 0 Å². The summed E-state index contributed by atoms with van der Waals surface area (Å²) in [5.41, 5.74) is 6.59. The third-order valence-electron chi connectivity index (χ3n) is 3.24. The van der Waals surface area contributed by atoms with Gasteiger partial charge in [-0.2, -0.15) is 0 Å². The first kappa shape index (κ1) is 12.0. The summed E-state index contributed by atoms with van der Waals surface area (Å²) in [7, 11) is 0. The van der Waals surface area contributed by atoms with Crippen LogP contribution < -0.4 is 5.73 Å². The monoisotopic (exact) mass is 199 g/mol. The second-order valence-corrected chi connectivity index (χ2v) is 5.92. The van der Waals surface area contributed by atoms with Crippen LogP contribution in [0.2, 0.25) is 0 Å². The van der Waals surface area contributed by atoms with Crippen molar-refractivity contribution < 1.29 is 4.74 Å². The summed E-state index contributed by atoms with van der Waals surface area (Å²) < 4.78 is 5.56. The van der Waals surface area contributed by atoms with Crippen molar-refractivity contribution in [2.24, 2.45) is 16.6 Å². The van der Waals surface area contributed by atoms with Gasteiger partial charge in [-0.15, -0.1) is 0 Å². The number of hydrogen-bond donors (Lipinski definition) is 1. The van der Waals surface area contributed by atoms with Crippen molar-refractivity contribution in [3.8, 4) is 0 Å². The fourth-order valence-corrected chi connectivity index (χ4v) is 2.01. The van der Waals surface area contributed by atoms with Gasteiger partial charge in [0.15, 0.2) is 0 Å². The van der Waals surface area contributed by atoms with E-state index in [4.69, 9.17) is 10.5 Å². The van der Waals surface area contributed by atoms with Crippen molar-refractivity contribution in [3.05, 3.63) is 0 Å². The molecule has 1 rings (SSSR count). The van der Waals surface area contributed by atoms with Crippen LogP contribution in [0.15, 0.2) is 0 Å². The van der Waals surface area contributed by atoms with Gasteiger partial charge in [-0.3, -0.25) is 0 Å². The van der Waals surface area contributed by atoms with E-state index in [1.807, 2.05) is 0 Å². The zero-order valence-corrected chi connectivity index (χ0v) is 9.94. The molecular weight excluding hydrogens is 174 g/mol. The fourth-order valence-electron chi connectivity index (χ4n) is 2.01. The molecule has 1 aliphatic rings. The van der Waals surface area contributed by atoms with Crippen molar-refractivity contribution in [3.63, 3.8) is 0 Å². The van der Waals surface area contributed by atoms with Crippen LogP contribution in [0.5, 0.6) is 0 Å². The van der Waals surface area contributed by atoms with Crippen LogP contribution in [0, 0.1) is 10.8 Å². The molecule has 0 aromatic carbocycles. The average Bonchev–Trinajstić information content (AvgIpc) is 2.15. The van der Waals surface area contributed by atoms with Crippen molar-refractivity contribution in [2.45, 2.75) is 46.5 Å². The molecule has 1 saturated heterocycles. The second kappa shape index (κ2) is 4.63. The van der Waals surface area contributed by atoms with Gasteiger partial charge in [0.05, 0.1) is 6.61 Å². The molecule has 1 aliphatic heterocycles. The molecule has 0 aliphatic carbocycles. The molecule has 84 valence electrons. The lowest BCUT2D eigenvalue weighted by Gasteiger charge is -2.37. The Balaban J connectivity index is 2.44. The number of hydrogen-bond acceptors (Lipinski definition) is 2. The average molecular weight is 199 g/mol. The lowest BCUT2D eigenvalue weighted by Crippen LogP contribution is -2.39. The molecule has 1 fully saturated rings. The quantitative estimate of drug-likeness (QED) is 0.758. The Kier molecular flexibility index (Phi) is 3.96. The molecule has 0 radical (unpaired) electrons. The predicted octanol–water partition coefficient (Wildman–Crippen LogP) is 2.57. The van der Waals surface area contributed by atoms with E-state index < -0.39 is 0 Å². The normalized spacial score (nSPS) is 29.1. The highest BCUT2D eigenvalue weighted by Gasteiger charge is 2.32. The van der Waals surface area contributed by atoms with Crippen LogP contribution in [0.25, 0.3) is 0 Å². The standard InChI is InChI=1S/C12H25NO/c1-11(2,3)6-7-12(9-13)5-4-8-14-10-12/h4-10,13H2,1-3H3. The first-order valence-corrected chi connectivity index (χ1v) is 5.75. The Morgan fingerprint density at radius 3 is 2.50 bits per heavy atom. The Bertz CT molecular complexity index is 166. The minimum absolute atomic E-state index is 0.283. The van der Waals surface area contributed by atoms with E-state index >= 15 is 0 Å². The molecule has 0 amide bonds. The largest absolute Gasteiger partial charge is 0.381 e. The van der Waals surface area contributed by atoms with E-state index in [1.165, 1.54) is 25.7 Å². The van der Waals surface area contributed by atoms with Crippen LogP contribution in [0.1, 0.15) is 46.5 Å². The van der Waals surface area contributed by atoms with Gasteiger partial charge in [-0.05, 0) is 31.1 Å². The van der Waals surface area contributed by atoms with E-state index in [0.29, 0.717) is 5.41 Å². The molecule has 1 unspecified atom stereocenters. The van der Waals surface area contributed by atoms with Gasteiger partial charge in [-0.1, -0.05) is 20.8 Å². The van der Waals surface area contributed by atoms with Gasteiger partial charge < -0.3 is 10.5 Å². The predicted molar refractivity (Wildman–Crippen MR) is 60.2 cm³/mol. The first-order chi connectivity index (χ1) is 6.47. The SMILES string of the molecule is CC(C)(C)CCC1(CN)CCCOC1. The van der Waals surface area contributed by atoms with Crippen molar-refractivity contribution in [1.29, 1.82) is 0 Å². The van der Waals surface area contributed by atoms with Crippen molar-refractivity contribution >= 4 is 0 Å². The maximum atomic E-state index is 5.89. The zero-order valence-electron chi connectivity index (χ0n) is 9.94. The summed E-state index contributed by atoms with van der Waals surface area (Å²) in [6.07, 6.45) is 4.89. The third kappa shape index (κ3) is 3.58. The fraction of sp³-hybridized carbons (Fsp3) is 1.00. The Hall–Kier alpha value is -0.0800. The van der Waals surface area contributed by atoms with E-state index in [9.17, 15) is 0 Å². The summed E-state index contributed by atoms with van der Waals surface area (Å²) in [6.45, 7) is 9.46. The molecule has 0 spiro atoms. The number of ether oxygens (including phenoxy) is 1. The van der Waals surface area contributed by atoms with Gasteiger partial charge in [0.1, 0.15) is 0 Å². The summed E-state index contributed by atoms with van der Waals surface area (Å²) in [4.78, 5) is 0. The molecule has 2 N–H and O–H groups in total. The maximum absolute atomic E-state index is 5.89. The molecule has 2 nitrogen and oxygen atoms in total. The molecule has 1 atom stereocenters. The number of nitrogens with two attached hydrogens (primary N) is 1. The number of rotatable bonds is 3. The Labute approximate surface area is 88.2 Å². The molecule has 2 heteroatoms. The lowest BCUT2D eigenvalue weighted by molar-refractivity contribution is -0.0126. The molecular formula is C12H25NO. The summed E-state index contributed by atoms with van der Waals surface area (Å²) in [5.74, 6) is 0. The van der Waals surface area contributed by atoms with Gasteiger partial charge in [0.25, 0.3) is 0 Å². The summed E-state index contributed by atoms with van der Waals surface area (Å²) in [5, 5.41) is 0. The van der Waals surface area contributed by atoms with E-state index in [2.05, 4.69) is 20.8 Å². The molecule has 0 saturated carbocycles. The molecule has 0 aromatic heterocycles. The highest BCUT2D eigenvalue weighted by Crippen LogP contribution is 2.36. The van der Waals surface area contributed by atoms with Crippen LogP contribution in [0.4, 0.5) is 0 Å². The zero-order chi connectivity index (χ0) is 10.7. The van der Waals surface area contributed by atoms with Crippen molar-refractivity contribution in [1.82, 2.24) is 0 Å². The molecule has 14 heavy (non-hydrogen) atoms. The first-order valence-electron chi connectivity index (χ1n) is 5.75. The highest BCUT2D eigenvalue weighted by molar-refractivity contribution is 4.84. The lowest BCUT2D eigenvalue weighted by atomic mass is 9.74. The smallest absolute Gasteiger partial charge is 0.0534 e. The minimum Gasteiger partial charge on any atom is -0.381 e. The van der Waals surface area contributed by atoms with E-state index in [0.717, 1.165) is 19.8 Å². The van der Waals surface area contributed by atoms with Crippen LogP contribution in [0.3, 0.4) is 0 Å². The van der Waals surface area contributed by atoms with Crippen LogP contribution >= 0.6 is 0 Å². The highest BCUT2D eigenvalue weighted by atomic mass is 16.5. The molecule has 1 heterocycles. The summed E-state index contributed by atoms with van der Waals surface area (Å²) >= 11 is 0. The molecule has 0 bridgehead atoms. The van der Waals surface area contributed by atoms with Gasteiger partial charge in [-0.25, -0.2) is 0 Å². The second-order valence-electron chi connectivity index (χ2n) is 5.92. The topological polar surface area (TPSA) is 35.2 Å². The van der Waals surface area contributed by atoms with Gasteiger partial charge in [0.2, 0.25) is 0 Å². The minimum atomic E-state index is 0.283. The van der Waals surface area contributed by atoms with E-state index in [-0.39, 0.29) is 5.41 Å². The Morgan fingerprint density at radius 1 is 1.36 bits per heavy atom. The maximum Gasteiger partial charge on any atom is 0.0534 e. The Morgan fingerprint density at radius 2 is 2.07 bits per heavy atom. The van der Waals surface area contributed by atoms with Gasteiger partial charge in [0, 0.05) is 18.6 Å². The van der Waals surface area contributed by atoms with Crippen LogP contribution in [-0.2, 0) is 4.74 Å².